The molecule has 3 amide bonds. The van der Waals surface area contributed by atoms with E-state index in [-0.39, 0.29) is 40.8 Å². The van der Waals surface area contributed by atoms with Crippen molar-refractivity contribution in [2.24, 2.45) is 0 Å². The highest BCUT2D eigenvalue weighted by Gasteiger charge is 2.37. The molecule has 1 saturated heterocycles. The van der Waals surface area contributed by atoms with Crippen LogP contribution in [0.1, 0.15) is 33.1 Å². The molecule has 0 aliphatic carbocycles. The summed E-state index contributed by atoms with van der Waals surface area (Å²) in [6, 6.07) is 12.6. The minimum Gasteiger partial charge on any atom is -0.478 e. The van der Waals surface area contributed by atoms with Crippen LogP contribution in [0.25, 0.3) is 11.8 Å². The number of tetrazole rings is 1. The highest BCUT2D eigenvalue weighted by atomic mass is 35.5. The maximum atomic E-state index is 15.2. The van der Waals surface area contributed by atoms with Crippen molar-refractivity contribution in [2.75, 3.05) is 36.4 Å². The van der Waals surface area contributed by atoms with Gasteiger partial charge in [0.2, 0.25) is 11.8 Å². The molecule has 3 N–H and O–H groups in total. The summed E-state index contributed by atoms with van der Waals surface area (Å²) in [6.07, 6.45) is 4.03. The molecule has 13 nitrogen and oxygen atoms in total. The zero-order chi connectivity index (χ0) is 32.4. The number of nitrogens with zero attached hydrogens (tertiary/aromatic N) is 6. The van der Waals surface area contributed by atoms with E-state index in [0.29, 0.717) is 36.4 Å². The molecule has 0 bridgehead atoms. The highest BCUT2D eigenvalue weighted by molar-refractivity contribution is 6.31. The maximum Gasteiger partial charge on any atom is 0.335 e. The van der Waals surface area contributed by atoms with Crippen LogP contribution in [-0.4, -0.2) is 80.1 Å². The summed E-state index contributed by atoms with van der Waals surface area (Å²) in [5, 5.41) is 25.9. The van der Waals surface area contributed by atoms with E-state index < -0.39 is 29.6 Å². The second kappa shape index (κ2) is 12.9. The third-order valence-electron chi connectivity index (χ3n) is 7.81. The first-order chi connectivity index (χ1) is 22.2. The summed E-state index contributed by atoms with van der Waals surface area (Å²) in [4.78, 5) is 54.9. The van der Waals surface area contributed by atoms with Crippen LogP contribution in [0.2, 0.25) is 5.02 Å². The van der Waals surface area contributed by atoms with Gasteiger partial charge in [0.05, 0.1) is 22.8 Å². The first kappa shape index (κ1) is 30.6. The van der Waals surface area contributed by atoms with E-state index in [1.165, 1.54) is 58.4 Å². The van der Waals surface area contributed by atoms with E-state index in [9.17, 15) is 24.3 Å². The molecule has 1 fully saturated rings. The van der Waals surface area contributed by atoms with Gasteiger partial charge in [-0.2, -0.15) is 4.68 Å². The molecule has 1 aromatic heterocycles. The molecule has 6 rings (SSSR count). The Balaban J connectivity index is 1.37. The molecule has 0 saturated carbocycles. The Morgan fingerprint density at radius 2 is 1.87 bits per heavy atom. The van der Waals surface area contributed by atoms with Crippen LogP contribution < -0.4 is 15.5 Å². The number of benzene rings is 3. The van der Waals surface area contributed by atoms with Crippen molar-refractivity contribution in [3.8, 4) is 5.69 Å². The van der Waals surface area contributed by atoms with Crippen LogP contribution in [0.5, 0.6) is 0 Å². The van der Waals surface area contributed by atoms with Gasteiger partial charge < -0.3 is 25.5 Å². The summed E-state index contributed by atoms with van der Waals surface area (Å²) in [5.41, 5.74) is 2.53. The van der Waals surface area contributed by atoms with Gasteiger partial charge in [-0.15, -0.1) is 5.10 Å². The van der Waals surface area contributed by atoms with Gasteiger partial charge in [-0.1, -0.05) is 23.7 Å². The van der Waals surface area contributed by atoms with E-state index in [1.807, 2.05) is 6.07 Å². The maximum absolute atomic E-state index is 15.2. The largest absolute Gasteiger partial charge is 0.478 e. The third kappa shape index (κ3) is 5.95. The lowest BCUT2D eigenvalue weighted by Crippen LogP contribution is -2.49. The lowest BCUT2D eigenvalue weighted by molar-refractivity contribution is -0.135. The molecule has 0 radical (unpaired) electrons. The van der Waals surface area contributed by atoms with E-state index in [2.05, 4.69) is 26.2 Å². The van der Waals surface area contributed by atoms with E-state index >= 15 is 4.39 Å². The Morgan fingerprint density at radius 1 is 1.07 bits per heavy atom. The number of fused-ring (bicyclic) bond motifs is 1. The quantitative estimate of drug-likeness (QED) is 0.257. The first-order valence-electron chi connectivity index (χ1n) is 14.2. The van der Waals surface area contributed by atoms with Crippen molar-refractivity contribution in [1.82, 2.24) is 30.4 Å². The SMILES string of the molecule is O=C(O)c1ccc(NC(=O)C2c3cccc(N4CCNCC4=O)c3CCN2C(=O)/C=C/c2c(-n3cnnn3)ccc(Cl)c2F)cc1. The fraction of sp³-hybridized carbons (Fsp3) is 0.194. The molecule has 46 heavy (non-hydrogen) atoms. The minimum absolute atomic E-state index is 0.0374. The van der Waals surface area contributed by atoms with Gasteiger partial charge in [-0.3, -0.25) is 14.4 Å². The van der Waals surface area contributed by atoms with Crippen LogP contribution in [0.4, 0.5) is 15.8 Å². The number of anilines is 2. The lowest BCUT2D eigenvalue weighted by Gasteiger charge is -2.38. The van der Waals surface area contributed by atoms with Crippen molar-refractivity contribution in [3.05, 3.63) is 100 Å². The topological polar surface area (TPSA) is 163 Å². The number of carboxylic acids is 1. The fourth-order valence-corrected chi connectivity index (χ4v) is 5.79. The molecule has 3 aromatic carbocycles. The van der Waals surface area contributed by atoms with Crippen LogP contribution in [0.15, 0.2) is 67.0 Å². The molecule has 0 spiro atoms. The van der Waals surface area contributed by atoms with Gasteiger partial charge in [0, 0.05) is 42.6 Å². The minimum atomic E-state index is -1.14. The average Bonchev–Trinajstić information content (AvgIpc) is 3.60. The molecule has 2 aliphatic rings. The first-order valence-corrected chi connectivity index (χ1v) is 14.6. The number of amides is 3. The van der Waals surface area contributed by atoms with Crippen LogP contribution >= 0.6 is 11.6 Å². The molecule has 234 valence electrons. The normalized spacial score (nSPS) is 16.4. The summed E-state index contributed by atoms with van der Waals surface area (Å²) in [5.74, 6) is -3.15. The number of aromatic nitrogens is 4. The number of aromatic carboxylic acids is 1. The smallest absolute Gasteiger partial charge is 0.335 e. The number of piperazine rings is 1. The summed E-state index contributed by atoms with van der Waals surface area (Å²) in [6.45, 7) is 1.35. The van der Waals surface area contributed by atoms with Crippen molar-refractivity contribution in [3.63, 3.8) is 0 Å². The van der Waals surface area contributed by atoms with E-state index in [0.717, 1.165) is 11.6 Å². The molecule has 4 aromatic rings. The zero-order valence-corrected chi connectivity index (χ0v) is 24.8. The van der Waals surface area contributed by atoms with Gasteiger partial charge in [0.25, 0.3) is 5.91 Å². The number of hydrogen-bond acceptors (Lipinski definition) is 8. The average molecular weight is 645 g/mol. The number of nitrogens with one attached hydrogen (secondary N) is 2. The third-order valence-corrected chi connectivity index (χ3v) is 8.10. The van der Waals surface area contributed by atoms with E-state index in [1.54, 1.807) is 17.0 Å². The number of carbonyl (C=O) groups excluding carboxylic acids is 3. The van der Waals surface area contributed by atoms with Crippen LogP contribution in [0, 0.1) is 5.82 Å². The Hall–Kier alpha value is -5.47. The molecule has 3 heterocycles. The summed E-state index contributed by atoms with van der Waals surface area (Å²) >= 11 is 6.04. The summed E-state index contributed by atoms with van der Waals surface area (Å²) in [7, 11) is 0. The Kier molecular flexibility index (Phi) is 8.55. The van der Waals surface area contributed by atoms with Crippen LogP contribution in [-0.2, 0) is 20.8 Å². The molecular weight excluding hydrogens is 619 g/mol. The monoisotopic (exact) mass is 644 g/mol. The molecule has 2 aliphatic heterocycles. The standard InChI is InChI=1S/C31H26ClFN8O5/c32-23-9-10-25(41-17-35-37-38-41)22(28(23)33)8-11-26(42)40-14-12-20-21(2-1-3-24(20)39-15-13-34-16-27(39)43)29(40)30(44)36-19-6-4-18(5-7-19)31(45)46/h1-11,17,29,34H,12-16H2,(H,36,44)(H,45,46)/b11-8+. The number of rotatable bonds is 7. The number of hydrogen-bond donors (Lipinski definition) is 3. The molecule has 15 heteroatoms. The molecule has 1 unspecified atom stereocenters. The predicted octanol–water partition coefficient (Wildman–Crippen LogP) is 2.87. The summed E-state index contributed by atoms with van der Waals surface area (Å²) < 4.78 is 16.4. The Bertz CT molecular complexity index is 1870. The fourth-order valence-electron chi connectivity index (χ4n) is 5.63. The lowest BCUT2D eigenvalue weighted by atomic mass is 9.89. The van der Waals surface area contributed by atoms with Gasteiger partial charge in [0.15, 0.2) is 5.82 Å². The molecular formula is C31H26ClFN8O5. The second-order valence-electron chi connectivity index (χ2n) is 10.5. The van der Waals surface area contributed by atoms with Gasteiger partial charge in [0.1, 0.15) is 12.4 Å². The van der Waals surface area contributed by atoms with Crippen molar-refractivity contribution in [2.45, 2.75) is 12.5 Å². The number of carboxylic acid groups (broad SMARTS) is 1. The van der Waals surface area contributed by atoms with Gasteiger partial charge >= 0.3 is 5.97 Å². The second-order valence-corrected chi connectivity index (χ2v) is 10.9. The Morgan fingerprint density at radius 3 is 2.59 bits per heavy atom. The van der Waals surface area contributed by atoms with Crippen LogP contribution in [0.3, 0.4) is 0 Å². The molecule has 1 atom stereocenters. The van der Waals surface area contributed by atoms with Crippen molar-refractivity contribution in [1.29, 1.82) is 0 Å². The predicted molar refractivity (Wildman–Crippen MR) is 165 cm³/mol. The number of carbonyl (C=O) groups is 4. The van der Waals surface area contributed by atoms with Gasteiger partial charge in [-0.25, -0.2) is 9.18 Å². The number of halogens is 2. The Labute approximate surface area is 266 Å². The van der Waals surface area contributed by atoms with Gasteiger partial charge in [-0.05, 0) is 76.5 Å². The van der Waals surface area contributed by atoms with Crippen molar-refractivity contribution >= 4 is 52.7 Å². The highest BCUT2D eigenvalue weighted by Crippen LogP contribution is 2.37. The van der Waals surface area contributed by atoms with Crippen molar-refractivity contribution < 1.29 is 28.7 Å². The van der Waals surface area contributed by atoms with E-state index in [4.69, 9.17) is 11.6 Å². The zero-order valence-electron chi connectivity index (χ0n) is 24.1.